The number of ether oxygens (including phenoxy) is 1. The second kappa shape index (κ2) is 6.55. The van der Waals surface area contributed by atoms with Crippen molar-refractivity contribution in [1.29, 1.82) is 0 Å². The number of carbonyl (C=O) groups is 2. The van der Waals surface area contributed by atoms with Crippen LogP contribution in [-0.2, 0) is 4.79 Å². The number of carbonyl (C=O) groups excluding carboxylic acids is 2. The van der Waals surface area contributed by atoms with Gasteiger partial charge in [0.2, 0.25) is 0 Å². The molecule has 0 aliphatic carbocycles. The topological polar surface area (TPSA) is 43.4 Å². The van der Waals surface area contributed by atoms with Crippen LogP contribution >= 0.6 is 11.6 Å². The molecule has 0 saturated heterocycles. The summed E-state index contributed by atoms with van der Waals surface area (Å²) in [6, 6.07) is 4.94. The molecular weight excluding hydrogens is 252 g/mol. The first-order valence-electron chi connectivity index (χ1n) is 5.89. The van der Waals surface area contributed by atoms with Crippen molar-refractivity contribution in [2.24, 2.45) is 0 Å². The van der Waals surface area contributed by atoms with Gasteiger partial charge in [0.25, 0.3) is 0 Å². The zero-order valence-corrected chi connectivity index (χ0v) is 11.6. The first kappa shape index (κ1) is 14.7. The summed E-state index contributed by atoms with van der Waals surface area (Å²) >= 11 is 6.04. The average molecular weight is 269 g/mol. The fraction of sp³-hybridized carbons (Fsp3) is 0.429. The largest absolute Gasteiger partial charge is 0.489 e. The predicted molar refractivity (Wildman–Crippen MR) is 71.5 cm³/mol. The molecule has 0 spiro atoms. The molecule has 1 rings (SSSR count). The summed E-state index contributed by atoms with van der Waals surface area (Å²) in [6.45, 7) is 5.28. The van der Waals surface area contributed by atoms with Crippen LogP contribution in [0.1, 0.15) is 44.0 Å². The van der Waals surface area contributed by atoms with E-state index in [2.05, 4.69) is 0 Å². The molecule has 18 heavy (non-hydrogen) atoms. The Morgan fingerprint density at radius 1 is 1.28 bits per heavy atom. The van der Waals surface area contributed by atoms with Gasteiger partial charge in [0.15, 0.2) is 5.78 Å². The third-order valence-electron chi connectivity index (χ3n) is 2.32. The lowest BCUT2D eigenvalue weighted by atomic mass is 10.1. The van der Waals surface area contributed by atoms with Gasteiger partial charge >= 0.3 is 0 Å². The summed E-state index contributed by atoms with van der Waals surface area (Å²) in [7, 11) is 0. The monoisotopic (exact) mass is 268 g/mol. The van der Waals surface area contributed by atoms with E-state index >= 15 is 0 Å². The molecule has 3 nitrogen and oxygen atoms in total. The van der Waals surface area contributed by atoms with E-state index in [1.165, 1.54) is 6.92 Å². The van der Waals surface area contributed by atoms with Crippen LogP contribution in [0.4, 0.5) is 0 Å². The number of rotatable bonds is 6. The Hall–Kier alpha value is -1.35. The predicted octanol–water partition coefficient (Wildman–Crippen LogP) is 3.68. The van der Waals surface area contributed by atoms with Gasteiger partial charge in [0.05, 0.1) is 11.1 Å². The van der Waals surface area contributed by atoms with Crippen LogP contribution in [0.25, 0.3) is 0 Å². The molecule has 0 amide bonds. The van der Waals surface area contributed by atoms with Gasteiger partial charge in [-0.3, -0.25) is 4.79 Å². The number of benzene rings is 1. The molecule has 0 saturated carbocycles. The van der Waals surface area contributed by atoms with Crippen molar-refractivity contribution in [2.75, 3.05) is 0 Å². The van der Waals surface area contributed by atoms with Gasteiger partial charge < -0.3 is 9.53 Å². The highest BCUT2D eigenvalue weighted by Crippen LogP contribution is 2.27. The van der Waals surface area contributed by atoms with Gasteiger partial charge in [0, 0.05) is 18.4 Å². The minimum absolute atomic E-state index is 0.00853. The van der Waals surface area contributed by atoms with Crippen molar-refractivity contribution < 1.29 is 14.3 Å². The van der Waals surface area contributed by atoms with Crippen LogP contribution in [0.15, 0.2) is 18.2 Å². The van der Waals surface area contributed by atoms with Gasteiger partial charge in [-0.25, -0.2) is 0 Å². The van der Waals surface area contributed by atoms with Crippen molar-refractivity contribution in [1.82, 2.24) is 0 Å². The maximum atomic E-state index is 11.8. The third-order valence-corrected chi connectivity index (χ3v) is 2.62. The summed E-state index contributed by atoms with van der Waals surface area (Å²) in [5.41, 5.74) is 0.511. The highest BCUT2D eigenvalue weighted by molar-refractivity contribution is 6.32. The molecule has 0 N–H and O–H groups in total. The Labute approximate surface area is 112 Å². The summed E-state index contributed by atoms with van der Waals surface area (Å²) in [5, 5.41) is 0.414. The fourth-order valence-electron chi connectivity index (χ4n) is 1.46. The van der Waals surface area contributed by atoms with E-state index in [4.69, 9.17) is 16.3 Å². The Kier molecular flexibility index (Phi) is 5.35. The summed E-state index contributed by atoms with van der Waals surface area (Å²) in [6.07, 6.45) is 0.512. The van der Waals surface area contributed by atoms with Gasteiger partial charge in [-0.05, 0) is 39.0 Å². The number of ketones is 2. The van der Waals surface area contributed by atoms with E-state index in [1.807, 2.05) is 13.8 Å². The number of hydrogen-bond acceptors (Lipinski definition) is 3. The molecule has 0 aromatic heterocycles. The molecule has 98 valence electrons. The maximum Gasteiger partial charge on any atom is 0.163 e. The number of halogens is 1. The van der Waals surface area contributed by atoms with Crippen molar-refractivity contribution in [3.05, 3.63) is 28.8 Å². The molecule has 0 fully saturated rings. The molecule has 0 bridgehead atoms. The second-order valence-electron chi connectivity index (χ2n) is 4.44. The normalized spacial score (nSPS) is 10.5. The van der Waals surface area contributed by atoms with Crippen LogP contribution in [0, 0.1) is 0 Å². The maximum absolute atomic E-state index is 11.8. The molecular formula is C14H17ClO3. The van der Waals surface area contributed by atoms with E-state index < -0.39 is 0 Å². The Bertz CT molecular complexity index is 452. The lowest BCUT2D eigenvalue weighted by Crippen LogP contribution is -2.07. The fourth-order valence-corrected chi connectivity index (χ4v) is 1.68. The quantitative estimate of drug-likeness (QED) is 0.739. The average Bonchev–Trinajstić information content (AvgIpc) is 2.28. The summed E-state index contributed by atoms with van der Waals surface area (Å²) in [5.74, 6) is 0.493. The molecule has 0 aliphatic heterocycles. The Balaban J connectivity index is 2.77. The number of Topliss-reactive ketones (excluding diaryl/α,β-unsaturated/α-hetero) is 2. The standard InChI is InChI=1S/C14H17ClO3/c1-9(2)18-14-7-5-11(8-12(14)15)13(17)6-4-10(3)16/h5,7-9H,4,6H2,1-3H3. The summed E-state index contributed by atoms with van der Waals surface area (Å²) in [4.78, 5) is 22.6. The van der Waals surface area contributed by atoms with Crippen molar-refractivity contribution in [3.8, 4) is 5.75 Å². The zero-order valence-electron chi connectivity index (χ0n) is 10.8. The van der Waals surface area contributed by atoms with Crippen molar-refractivity contribution >= 4 is 23.2 Å². The van der Waals surface area contributed by atoms with Crippen LogP contribution in [0.5, 0.6) is 5.75 Å². The smallest absolute Gasteiger partial charge is 0.163 e. The zero-order chi connectivity index (χ0) is 13.7. The highest BCUT2D eigenvalue weighted by Gasteiger charge is 2.11. The minimum atomic E-state index is -0.0804. The van der Waals surface area contributed by atoms with E-state index in [0.717, 1.165) is 0 Å². The first-order chi connectivity index (χ1) is 8.40. The molecule has 0 radical (unpaired) electrons. The molecule has 1 aromatic rings. The lowest BCUT2D eigenvalue weighted by Gasteiger charge is -2.11. The van der Waals surface area contributed by atoms with Gasteiger partial charge in [-0.1, -0.05) is 11.6 Å². The van der Waals surface area contributed by atoms with Crippen LogP contribution < -0.4 is 4.74 Å². The van der Waals surface area contributed by atoms with Crippen LogP contribution in [-0.4, -0.2) is 17.7 Å². The SMILES string of the molecule is CC(=O)CCC(=O)c1ccc(OC(C)C)c(Cl)c1. The van der Waals surface area contributed by atoms with Crippen molar-refractivity contribution in [3.63, 3.8) is 0 Å². The Morgan fingerprint density at radius 3 is 2.44 bits per heavy atom. The van der Waals surface area contributed by atoms with Gasteiger partial charge in [-0.2, -0.15) is 0 Å². The molecule has 0 heterocycles. The molecule has 0 atom stereocenters. The first-order valence-corrected chi connectivity index (χ1v) is 6.26. The molecule has 0 aliphatic rings. The molecule has 0 unspecified atom stereocenters. The molecule has 1 aromatic carbocycles. The molecule has 4 heteroatoms. The van der Waals surface area contributed by atoms with E-state index in [1.54, 1.807) is 18.2 Å². The van der Waals surface area contributed by atoms with E-state index in [0.29, 0.717) is 16.3 Å². The van der Waals surface area contributed by atoms with Gasteiger partial charge in [-0.15, -0.1) is 0 Å². The van der Waals surface area contributed by atoms with Crippen molar-refractivity contribution in [2.45, 2.75) is 39.7 Å². The van der Waals surface area contributed by atoms with E-state index in [-0.39, 0.29) is 30.5 Å². The Morgan fingerprint density at radius 2 is 1.94 bits per heavy atom. The third kappa shape index (κ3) is 4.49. The van der Waals surface area contributed by atoms with Crippen LogP contribution in [0.2, 0.25) is 5.02 Å². The lowest BCUT2D eigenvalue weighted by molar-refractivity contribution is -0.116. The minimum Gasteiger partial charge on any atom is -0.489 e. The van der Waals surface area contributed by atoms with E-state index in [9.17, 15) is 9.59 Å². The highest BCUT2D eigenvalue weighted by atomic mass is 35.5. The number of hydrogen-bond donors (Lipinski definition) is 0. The second-order valence-corrected chi connectivity index (χ2v) is 4.84. The van der Waals surface area contributed by atoms with Crippen LogP contribution in [0.3, 0.4) is 0 Å². The summed E-state index contributed by atoms with van der Waals surface area (Å²) < 4.78 is 5.48. The van der Waals surface area contributed by atoms with Gasteiger partial charge in [0.1, 0.15) is 11.5 Å².